The molecule has 0 saturated carbocycles. The minimum absolute atomic E-state index is 0.622. The highest BCUT2D eigenvalue weighted by Gasteiger charge is 2.35. The molecule has 0 unspecified atom stereocenters. The van der Waals surface area contributed by atoms with Crippen LogP contribution in [-0.4, -0.2) is 35.1 Å². The summed E-state index contributed by atoms with van der Waals surface area (Å²) in [6.45, 7) is 6.51. The second-order valence-corrected chi connectivity index (χ2v) is 5.82. The van der Waals surface area contributed by atoms with Gasteiger partial charge in [0.15, 0.2) is 0 Å². The zero-order valence-electron chi connectivity index (χ0n) is 12.0. The summed E-state index contributed by atoms with van der Waals surface area (Å²) in [6.07, 6.45) is 5.94. The fourth-order valence-corrected chi connectivity index (χ4v) is 3.44. The Bertz CT molecular complexity index is 432. The van der Waals surface area contributed by atoms with Crippen LogP contribution in [0.15, 0.2) is 6.07 Å². The van der Waals surface area contributed by atoms with Crippen LogP contribution in [0.1, 0.15) is 44.1 Å². The average molecular weight is 260 g/mol. The van der Waals surface area contributed by atoms with E-state index in [0.717, 1.165) is 43.3 Å². The van der Waals surface area contributed by atoms with Gasteiger partial charge in [-0.25, -0.2) is 9.97 Å². The molecule has 4 nitrogen and oxygen atoms in total. The van der Waals surface area contributed by atoms with Crippen molar-refractivity contribution in [2.24, 2.45) is 0 Å². The van der Waals surface area contributed by atoms with Gasteiger partial charge in [-0.1, -0.05) is 6.92 Å². The third-order valence-corrected chi connectivity index (χ3v) is 4.28. The van der Waals surface area contributed by atoms with Crippen LogP contribution in [0.2, 0.25) is 0 Å². The first-order valence-corrected chi connectivity index (χ1v) is 7.61. The second-order valence-electron chi connectivity index (χ2n) is 5.82. The molecule has 1 N–H and O–H groups in total. The van der Waals surface area contributed by atoms with Crippen LogP contribution in [0.25, 0.3) is 0 Å². The smallest absolute Gasteiger partial charge is 0.133 e. The normalized spacial score (nSPS) is 26.5. The molecule has 104 valence electrons. The van der Waals surface area contributed by atoms with Gasteiger partial charge in [-0.05, 0) is 39.2 Å². The lowest BCUT2D eigenvalue weighted by molar-refractivity contribution is 0.567. The highest BCUT2D eigenvalue weighted by atomic mass is 15.3. The minimum atomic E-state index is 0.622. The molecule has 2 saturated heterocycles. The lowest BCUT2D eigenvalue weighted by Crippen LogP contribution is -2.38. The largest absolute Gasteiger partial charge is 0.349 e. The molecular weight excluding hydrogens is 236 g/mol. The molecule has 0 radical (unpaired) electrons. The van der Waals surface area contributed by atoms with Gasteiger partial charge in [0.05, 0.1) is 0 Å². The Morgan fingerprint density at radius 1 is 1.26 bits per heavy atom. The van der Waals surface area contributed by atoms with E-state index in [0.29, 0.717) is 12.1 Å². The zero-order chi connectivity index (χ0) is 13.2. The number of aromatic nitrogens is 2. The van der Waals surface area contributed by atoms with Crippen molar-refractivity contribution in [3.8, 4) is 0 Å². The first-order valence-electron chi connectivity index (χ1n) is 7.61. The van der Waals surface area contributed by atoms with E-state index in [2.05, 4.69) is 35.1 Å². The Labute approximate surface area is 115 Å². The molecular formula is C15H24N4. The maximum Gasteiger partial charge on any atom is 0.133 e. The molecule has 0 aliphatic carbocycles. The third-order valence-electron chi connectivity index (χ3n) is 4.28. The first-order chi connectivity index (χ1) is 9.28. The number of aryl methyl sites for hydroxylation is 2. The highest BCUT2D eigenvalue weighted by molar-refractivity contribution is 5.44. The van der Waals surface area contributed by atoms with E-state index in [-0.39, 0.29) is 0 Å². The predicted molar refractivity (Wildman–Crippen MR) is 77.5 cm³/mol. The van der Waals surface area contributed by atoms with Crippen LogP contribution < -0.4 is 10.2 Å². The lowest BCUT2D eigenvalue weighted by Gasteiger charge is -2.29. The lowest BCUT2D eigenvalue weighted by atomic mass is 10.1. The zero-order valence-corrected chi connectivity index (χ0v) is 12.0. The van der Waals surface area contributed by atoms with E-state index in [4.69, 9.17) is 4.98 Å². The van der Waals surface area contributed by atoms with Crippen molar-refractivity contribution in [1.82, 2.24) is 15.3 Å². The Balaban J connectivity index is 1.92. The summed E-state index contributed by atoms with van der Waals surface area (Å²) in [6, 6.07) is 3.45. The van der Waals surface area contributed by atoms with Crippen molar-refractivity contribution in [3.05, 3.63) is 17.6 Å². The quantitative estimate of drug-likeness (QED) is 0.903. The fraction of sp³-hybridized carbons (Fsp3) is 0.733. The Morgan fingerprint density at radius 2 is 2.11 bits per heavy atom. The van der Waals surface area contributed by atoms with Crippen molar-refractivity contribution in [2.45, 2.75) is 58.0 Å². The number of anilines is 1. The monoisotopic (exact) mass is 260 g/mol. The van der Waals surface area contributed by atoms with Crippen molar-refractivity contribution in [1.29, 1.82) is 0 Å². The molecule has 0 spiro atoms. The number of rotatable bonds is 3. The molecule has 19 heavy (non-hydrogen) atoms. The first kappa shape index (κ1) is 12.9. The molecule has 0 aromatic carbocycles. The molecule has 4 heteroatoms. The van der Waals surface area contributed by atoms with E-state index in [9.17, 15) is 0 Å². The topological polar surface area (TPSA) is 41.1 Å². The van der Waals surface area contributed by atoms with Crippen molar-refractivity contribution < 1.29 is 0 Å². The maximum atomic E-state index is 4.82. The standard InChI is InChI=1S/C15H24N4/c1-3-4-14-17-11(2)9-15(18-14)19-12-5-6-13(19)10-16-8-7-12/h9,12-13,16H,3-8,10H2,1-2H3/t12-,13+/m1/s1. The summed E-state index contributed by atoms with van der Waals surface area (Å²) < 4.78 is 0. The van der Waals surface area contributed by atoms with Gasteiger partial charge in [-0.3, -0.25) is 0 Å². The molecule has 1 aromatic heterocycles. The summed E-state index contributed by atoms with van der Waals surface area (Å²) in [7, 11) is 0. The Morgan fingerprint density at radius 3 is 2.95 bits per heavy atom. The second kappa shape index (κ2) is 5.45. The van der Waals surface area contributed by atoms with Gasteiger partial charge in [-0.15, -0.1) is 0 Å². The van der Waals surface area contributed by atoms with Crippen LogP contribution in [0.5, 0.6) is 0 Å². The molecule has 3 heterocycles. The van der Waals surface area contributed by atoms with Gasteiger partial charge in [-0.2, -0.15) is 0 Å². The number of fused-ring (bicyclic) bond motifs is 2. The van der Waals surface area contributed by atoms with Crippen LogP contribution >= 0.6 is 0 Å². The Hall–Kier alpha value is -1.16. The molecule has 2 bridgehead atoms. The van der Waals surface area contributed by atoms with Crippen LogP contribution in [0, 0.1) is 6.92 Å². The number of nitrogens with one attached hydrogen (secondary N) is 1. The minimum Gasteiger partial charge on any atom is -0.349 e. The molecule has 0 amide bonds. The SMILES string of the molecule is CCCc1nc(C)cc(N2[C@H]3CCNC[C@@H]2CC3)n1. The van der Waals surface area contributed by atoms with Crippen LogP contribution in [-0.2, 0) is 6.42 Å². The molecule has 2 aliphatic rings. The third kappa shape index (κ3) is 2.59. The van der Waals surface area contributed by atoms with E-state index >= 15 is 0 Å². The van der Waals surface area contributed by atoms with Crippen molar-refractivity contribution in [2.75, 3.05) is 18.0 Å². The summed E-state index contributed by atoms with van der Waals surface area (Å²) in [5.41, 5.74) is 1.10. The van der Waals surface area contributed by atoms with Gasteiger partial charge in [0.1, 0.15) is 11.6 Å². The van der Waals surface area contributed by atoms with E-state index in [1.807, 2.05) is 0 Å². The van der Waals surface area contributed by atoms with Crippen molar-refractivity contribution in [3.63, 3.8) is 0 Å². The maximum absolute atomic E-state index is 4.82. The van der Waals surface area contributed by atoms with E-state index in [1.165, 1.54) is 19.3 Å². The van der Waals surface area contributed by atoms with Gasteiger partial charge < -0.3 is 10.2 Å². The van der Waals surface area contributed by atoms with E-state index in [1.54, 1.807) is 0 Å². The van der Waals surface area contributed by atoms with Crippen LogP contribution in [0.3, 0.4) is 0 Å². The molecule has 2 aliphatic heterocycles. The Kier molecular flexibility index (Phi) is 3.69. The number of nitrogens with zero attached hydrogens (tertiary/aromatic N) is 3. The van der Waals surface area contributed by atoms with Gasteiger partial charge >= 0.3 is 0 Å². The summed E-state index contributed by atoms with van der Waals surface area (Å²) in [5.74, 6) is 2.17. The summed E-state index contributed by atoms with van der Waals surface area (Å²) >= 11 is 0. The molecule has 1 aromatic rings. The van der Waals surface area contributed by atoms with Crippen LogP contribution in [0.4, 0.5) is 5.82 Å². The number of hydrogen-bond acceptors (Lipinski definition) is 4. The predicted octanol–water partition coefficient (Wildman–Crippen LogP) is 2.07. The summed E-state index contributed by atoms with van der Waals surface area (Å²) in [5, 5.41) is 3.55. The number of hydrogen-bond donors (Lipinski definition) is 1. The fourth-order valence-electron chi connectivity index (χ4n) is 3.44. The molecule has 2 fully saturated rings. The highest BCUT2D eigenvalue weighted by Crippen LogP contribution is 2.32. The summed E-state index contributed by atoms with van der Waals surface area (Å²) in [4.78, 5) is 11.9. The van der Waals surface area contributed by atoms with Gasteiger partial charge in [0.2, 0.25) is 0 Å². The molecule has 3 rings (SSSR count). The molecule has 2 atom stereocenters. The van der Waals surface area contributed by atoms with Gasteiger partial charge in [0.25, 0.3) is 0 Å². The van der Waals surface area contributed by atoms with Gasteiger partial charge in [0, 0.05) is 36.8 Å². The van der Waals surface area contributed by atoms with Crippen molar-refractivity contribution >= 4 is 5.82 Å². The van der Waals surface area contributed by atoms with E-state index < -0.39 is 0 Å². The average Bonchev–Trinajstić information content (AvgIpc) is 2.62.